The quantitative estimate of drug-likeness (QED) is 0.0833. The summed E-state index contributed by atoms with van der Waals surface area (Å²) in [7, 11) is 0.575. The Morgan fingerprint density at radius 2 is 1.00 bits per heavy atom. The number of benzene rings is 5. The van der Waals surface area contributed by atoms with Gasteiger partial charge in [-0.1, -0.05) is 172 Å². The average Bonchev–Trinajstić information content (AvgIpc) is 3.11. The van der Waals surface area contributed by atoms with Crippen molar-refractivity contribution in [3.63, 3.8) is 0 Å². The molecule has 0 bridgehead atoms. The topological polar surface area (TPSA) is 30.9 Å². The highest BCUT2D eigenvalue weighted by molar-refractivity contribution is 6.99. The van der Waals surface area contributed by atoms with E-state index in [1.165, 1.54) is 27.1 Å². The van der Waals surface area contributed by atoms with Crippen LogP contribution in [-0.2, 0) is 27.0 Å². The molecule has 0 N–H and O–H groups in total. The molecule has 48 heavy (non-hydrogen) atoms. The molecule has 2 unspecified atom stereocenters. The summed E-state index contributed by atoms with van der Waals surface area (Å²) in [4.78, 5) is 2.50. The lowest BCUT2D eigenvalue weighted by atomic mass is 9.98. The Kier molecular flexibility index (Phi) is 12.2. The molecular weight excluding hydrogens is 607 g/mol. The van der Waals surface area contributed by atoms with Crippen molar-refractivity contribution in [3.05, 3.63) is 168 Å². The van der Waals surface area contributed by atoms with Crippen LogP contribution in [0.5, 0.6) is 0 Å². The van der Waals surface area contributed by atoms with Crippen molar-refractivity contribution >= 4 is 18.7 Å². The SMILES string of the molecule is COC(OC)C(CC(O[Si](c1ccccc1)(c1ccccc1)C(C)(C)C)c1ccc(C)cc1)N(Cc1ccccc1)Cc1ccccc1. The number of hydrogen-bond donors (Lipinski definition) is 0. The molecule has 5 aromatic carbocycles. The third kappa shape index (κ3) is 8.41. The molecule has 0 saturated carbocycles. The van der Waals surface area contributed by atoms with E-state index in [9.17, 15) is 0 Å². The summed E-state index contributed by atoms with van der Waals surface area (Å²) in [6.45, 7) is 10.6. The van der Waals surface area contributed by atoms with E-state index in [0.29, 0.717) is 6.42 Å². The van der Waals surface area contributed by atoms with Crippen LogP contribution < -0.4 is 10.4 Å². The zero-order valence-electron chi connectivity index (χ0n) is 29.4. The highest BCUT2D eigenvalue weighted by atomic mass is 28.4. The molecule has 0 heterocycles. The molecule has 0 saturated heterocycles. The highest BCUT2D eigenvalue weighted by Crippen LogP contribution is 2.42. The lowest BCUT2D eigenvalue weighted by Gasteiger charge is -2.46. The van der Waals surface area contributed by atoms with Crippen LogP contribution in [0.3, 0.4) is 0 Å². The van der Waals surface area contributed by atoms with Gasteiger partial charge in [-0.2, -0.15) is 0 Å². The van der Waals surface area contributed by atoms with Gasteiger partial charge < -0.3 is 13.9 Å². The Balaban J connectivity index is 1.67. The van der Waals surface area contributed by atoms with Crippen LogP contribution in [0.2, 0.25) is 5.04 Å². The van der Waals surface area contributed by atoms with Gasteiger partial charge in [0.25, 0.3) is 8.32 Å². The maximum absolute atomic E-state index is 7.92. The molecule has 5 aromatic rings. The number of hydrogen-bond acceptors (Lipinski definition) is 4. The second-order valence-corrected chi connectivity index (χ2v) is 18.0. The first-order chi connectivity index (χ1) is 23.2. The zero-order valence-corrected chi connectivity index (χ0v) is 30.4. The minimum absolute atomic E-state index is 0.134. The molecule has 0 aliphatic heterocycles. The van der Waals surface area contributed by atoms with Gasteiger partial charge in [0, 0.05) is 27.3 Å². The van der Waals surface area contributed by atoms with Crippen LogP contribution >= 0.6 is 0 Å². The average molecular weight is 658 g/mol. The first-order valence-corrected chi connectivity index (χ1v) is 18.9. The van der Waals surface area contributed by atoms with E-state index in [0.717, 1.165) is 18.7 Å². The lowest BCUT2D eigenvalue weighted by Crippen LogP contribution is -2.67. The van der Waals surface area contributed by atoms with Crippen molar-refractivity contribution < 1.29 is 13.9 Å². The van der Waals surface area contributed by atoms with E-state index in [2.05, 4.69) is 178 Å². The molecular formula is C43H51NO3Si. The predicted molar refractivity (Wildman–Crippen MR) is 201 cm³/mol. The first-order valence-electron chi connectivity index (χ1n) is 17.0. The summed E-state index contributed by atoms with van der Waals surface area (Å²) < 4.78 is 20.2. The number of rotatable bonds is 15. The molecule has 0 radical (unpaired) electrons. The van der Waals surface area contributed by atoms with Crippen molar-refractivity contribution in [2.45, 2.75) is 70.7 Å². The summed E-state index contributed by atoms with van der Waals surface area (Å²) in [5, 5.41) is 2.35. The van der Waals surface area contributed by atoms with Gasteiger partial charge in [-0.05, 0) is 45.4 Å². The van der Waals surface area contributed by atoms with Gasteiger partial charge in [0.2, 0.25) is 0 Å². The van der Waals surface area contributed by atoms with Gasteiger partial charge in [-0.3, -0.25) is 4.90 Å². The predicted octanol–water partition coefficient (Wildman–Crippen LogP) is 8.69. The van der Waals surface area contributed by atoms with Crippen LogP contribution in [0.4, 0.5) is 0 Å². The number of nitrogens with zero attached hydrogens (tertiary/aromatic N) is 1. The van der Waals surface area contributed by atoms with Crippen LogP contribution in [0, 0.1) is 6.92 Å². The second kappa shape index (κ2) is 16.5. The Bertz CT molecular complexity index is 1560. The molecule has 5 heteroatoms. The van der Waals surface area contributed by atoms with E-state index in [4.69, 9.17) is 13.9 Å². The summed E-state index contributed by atoms with van der Waals surface area (Å²) in [6.07, 6.45) is -0.0589. The summed E-state index contributed by atoms with van der Waals surface area (Å²) in [6, 6.07) is 51.9. The molecule has 5 rings (SSSR count). The molecule has 2 atom stereocenters. The molecule has 0 spiro atoms. The number of ether oxygens (including phenoxy) is 2. The molecule has 0 aromatic heterocycles. The van der Waals surface area contributed by atoms with Gasteiger partial charge in [0.1, 0.15) is 0 Å². The molecule has 4 nitrogen and oxygen atoms in total. The maximum Gasteiger partial charge on any atom is 0.261 e. The minimum atomic E-state index is -2.91. The van der Waals surface area contributed by atoms with Crippen molar-refractivity contribution in [2.24, 2.45) is 0 Å². The van der Waals surface area contributed by atoms with Crippen LogP contribution in [0.25, 0.3) is 0 Å². The zero-order chi connectivity index (χ0) is 34.0. The number of aryl methyl sites for hydroxylation is 1. The largest absolute Gasteiger partial charge is 0.400 e. The standard InChI is InChI=1S/C43H51NO3Si/c1-34-27-29-37(30-28-34)41(47-48(43(2,3)4,38-23-15-9-16-24-38)39-25-17-10-18-26-39)31-40(42(45-5)46-6)44(32-35-19-11-7-12-20-35)33-36-21-13-8-14-22-36/h7-30,40-42H,31-33H2,1-6H3. The Labute approximate surface area is 289 Å². The smallest absolute Gasteiger partial charge is 0.261 e. The lowest BCUT2D eigenvalue weighted by molar-refractivity contribution is -0.156. The Morgan fingerprint density at radius 3 is 1.40 bits per heavy atom. The number of methoxy groups -OCH3 is 2. The van der Waals surface area contributed by atoms with E-state index in [-0.39, 0.29) is 17.2 Å². The van der Waals surface area contributed by atoms with Crippen molar-refractivity contribution in [2.75, 3.05) is 14.2 Å². The molecule has 0 amide bonds. The third-order valence-electron chi connectivity index (χ3n) is 9.35. The fourth-order valence-electron chi connectivity index (χ4n) is 6.93. The molecule has 0 fully saturated rings. The van der Waals surface area contributed by atoms with Crippen molar-refractivity contribution in [1.82, 2.24) is 4.90 Å². The van der Waals surface area contributed by atoms with Gasteiger partial charge in [-0.25, -0.2) is 0 Å². The van der Waals surface area contributed by atoms with Crippen LogP contribution in [0.1, 0.15) is 55.5 Å². The van der Waals surface area contributed by atoms with E-state index in [1.807, 2.05) is 0 Å². The van der Waals surface area contributed by atoms with Crippen molar-refractivity contribution in [1.29, 1.82) is 0 Å². The van der Waals surface area contributed by atoms with Crippen LogP contribution in [0.15, 0.2) is 146 Å². The van der Waals surface area contributed by atoms with Gasteiger partial charge in [-0.15, -0.1) is 0 Å². The third-order valence-corrected chi connectivity index (χ3v) is 14.4. The van der Waals surface area contributed by atoms with Gasteiger partial charge in [0.05, 0.1) is 12.1 Å². The van der Waals surface area contributed by atoms with E-state index >= 15 is 0 Å². The van der Waals surface area contributed by atoms with Gasteiger partial charge in [0.15, 0.2) is 6.29 Å². The monoisotopic (exact) mass is 657 g/mol. The van der Waals surface area contributed by atoms with E-state index < -0.39 is 14.6 Å². The summed E-state index contributed by atoms with van der Waals surface area (Å²) in [5.41, 5.74) is 4.86. The van der Waals surface area contributed by atoms with Crippen molar-refractivity contribution in [3.8, 4) is 0 Å². The highest BCUT2D eigenvalue weighted by Gasteiger charge is 2.52. The Hall–Kier alpha value is -3.84. The fourth-order valence-corrected chi connectivity index (χ4v) is 11.6. The summed E-state index contributed by atoms with van der Waals surface area (Å²) >= 11 is 0. The maximum atomic E-state index is 7.92. The summed E-state index contributed by atoms with van der Waals surface area (Å²) in [5.74, 6) is 0. The molecule has 250 valence electrons. The fraction of sp³-hybridized carbons (Fsp3) is 0.302. The molecule has 0 aliphatic carbocycles. The minimum Gasteiger partial charge on any atom is -0.400 e. The second-order valence-electron chi connectivity index (χ2n) is 13.7. The Morgan fingerprint density at radius 1 is 0.583 bits per heavy atom. The van der Waals surface area contributed by atoms with Gasteiger partial charge >= 0.3 is 0 Å². The normalized spacial score (nSPS) is 13.5. The molecule has 0 aliphatic rings. The van der Waals surface area contributed by atoms with Crippen LogP contribution in [-0.4, -0.2) is 39.8 Å². The van der Waals surface area contributed by atoms with E-state index in [1.54, 1.807) is 14.2 Å². The first kappa shape index (κ1) is 35.5.